The first-order chi connectivity index (χ1) is 13.8. The van der Waals surface area contributed by atoms with Gasteiger partial charge in [-0.3, -0.25) is 0 Å². The summed E-state index contributed by atoms with van der Waals surface area (Å²) in [4.78, 5) is 10.5. The van der Waals surface area contributed by atoms with Crippen LogP contribution in [-0.2, 0) is 6.54 Å². The van der Waals surface area contributed by atoms with Crippen molar-refractivity contribution in [2.75, 3.05) is 13.7 Å². The maximum atomic E-state index is 12.5. The van der Waals surface area contributed by atoms with Gasteiger partial charge < -0.3 is 14.4 Å². The van der Waals surface area contributed by atoms with E-state index in [1.54, 1.807) is 12.3 Å². The Hall–Kier alpha value is -2.48. The molecular formula is C20H19ClF3N3O2. The summed E-state index contributed by atoms with van der Waals surface area (Å²) < 4.78 is 47.4. The maximum absolute atomic E-state index is 12.5. The Morgan fingerprint density at radius 1 is 1.28 bits per heavy atom. The molecule has 5 nitrogen and oxygen atoms in total. The first kappa shape index (κ1) is 19.8. The SMILES string of the molecule is COc1cc(C(C)N2Cc3c(ccnc3Cl)C2=C2CC2)cnc1OCC(F)(F)F. The molecule has 1 atom stereocenters. The Labute approximate surface area is 171 Å². The average Bonchev–Trinajstić information content (AvgIpc) is 3.44. The molecule has 1 unspecified atom stereocenters. The molecule has 0 radical (unpaired) electrons. The van der Waals surface area contributed by atoms with Crippen molar-refractivity contribution >= 4 is 17.3 Å². The van der Waals surface area contributed by atoms with E-state index in [9.17, 15) is 13.2 Å². The van der Waals surface area contributed by atoms with E-state index in [1.807, 2.05) is 13.0 Å². The maximum Gasteiger partial charge on any atom is 0.422 e. The lowest BCUT2D eigenvalue weighted by Gasteiger charge is -2.28. The molecule has 29 heavy (non-hydrogen) atoms. The number of methoxy groups -OCH3 is 1. The minimum atomic E-state index is -4.45. The standard InChI is InChI=1S/C20H19ClF3N3O2/c1-11(13-7-16(28-2)19(26-8-13)29-10-20(22,23)24)27-9-15-14(5-6-25-18(15)21)17(27)12-3-4-12/h5-8,11H,3-4,9-10H2,1-2H3. The molecule has 0 bridgehead atoms. The summed E-state index contributed by atoms with van der Waals surface area (Å²) in [6, 6.07) is 3.54. The fourth-order valence-electron chi connectivity index (χ4n) is 3.53. The Morgan fingerprint density at radius 2 is 2.03 bits per heavy atom. The van der Waals surface area contributed by atoms with E-state index in [1.165, 1.54) is 18.9 Å². The first-order valence-corrected chi connectivity index (χ1v) is 9.52. The van der Waals surface area contributed by atoms with Gasteiger partial charge in [-0.1, -0.05) is 11.6 Å². The predicted octanol–water partition coefficient (Wildman–Crippen LogP) is 5.16. The fraction of sp³-hybridized carbons (Fsp3) is 0.400. The van der Waals surface area contributed by atoms with Crippen molar-refractivity contribution in [3.8, 4) is 11.6 Å². The van der Waals surface area contributed by atoms with Gasteiger partial charge in [0.05, 0.1) is 13.2 Å². The number of rotatable bonds is 5. The Kier molecular flexibility index (Phi) is 5.06. The van der Waals surface area contributed by atoms with Gasteiger partial charge in [0.25, 0.3) is 5.88 Å². The summed E-state index contributed by atoms with van der Waals surface area (Å²) in [5.74, 6) is -0.0193. The van der Waals surface area contributed by atoms with E-state index >= 15 is 0 Å². The molecule has 1 saturated carbocycles. The largest absolute Gasteiger partial charge is 0.491 e. The van der Waals surface area contributed by atoms with Crippen LogP contribution in [0.1, 0.15) is 42.5 Å². The Balaban J connectivity index is 1.62. The van der Waals surface area contributed by atoms with E-state index in [0.717, 1.165) is 35.2 Å². The van der Waals surface area contributed by atoms with Crippen molar-refractivity contribution in [1.29, 1.82) is 0 Å². The number of aromatic nitrogens is 2. The van der Waals surface area contributed by atoms with E-state index in [2.05, 4.69) is 14.9 Å². The smallest absolute Gasteiger partial charge is 0.422 e. The Morgan fingerprint density at radius 3 is 2.69 bits per heavy atom. The molecule has 2 aromatic heterocycles. The van der Waals surface area contributed by atoms with Gasteiger partial charge in [-0.25, -0.2) is 9.97 Å². The second-order valence-electron chi connectivity index (χ2n) is 7.06. The highest BCUT2D eigenvalue weighted by Crippen LogP contribution is 2.48. The van der Waals surface area contributed by atoms with Crippen LogP contribution in [0.4, 0.5) is 13.2 Å². The Bertz CT molecular complexity index is 972. The van der Waals surface area contributed by atoms with E-state index in [0.29, 0.717) is 11.7 Å². The zero-order valence-corrected chi connectivity index (χ0v) is 16.6. The van der Waals surface area contributed by atoms with Crippen molar-refractivity contribution in [1.82, 2.24) is 14.9 Å². The normalized spacial score (nSPS) is 16.7. The van der Waals surface area contributed by atoms with Crippen LogP contribution in [0.5, 0.6) is 11.6 Å². The third kappa shape index (κ3) is 3.99. The van der Waals surface area contributed by atoms with Gasteiger partial charge in [-0.2, -0.15) is 13.2 Å². The predicted molar refractivity (Wildman–Crippen MR) is 102 cm³/mol. The molecular weight excluding hydrogens is 407 g/mol. The van der Waals surface area contributed by atoms with Crippen molar-refractivity contribution < 1.29 is 22.6 Å². The second kappa shape index (κ2) is 7.40. The van der Waals surface area contributed by atoms with Gasteiger partial charge in [-0.05, 0) is 43.0 Å². The van der Waals surface area contributed by atoms with Crippen molar-refractivity contribution in [2.24, 2.45) is 0 Å². The second-order valence-corrected chi connectivity index (χ2v) is 7.42. The summed E-state index contributed by atoms with van der Waals surface area (Å²) in [6.45, 7) is 1.20. The average molecular weight is 426 g/mol. The van der Waals surface area contributed by atoms with Crippen LogP contribution in [0, 0.1) is 0 Å². The first-order valence-electron chi connectivity index (χ1n) is 9.14. The number of alkyl halides is 3. The van der Waals surface area contributed by atoms with Gasteiger partial charge in [0.1, 0.15) is 5.15 Å². The lowest BCUT2D eigenvalue weighted by atomic mass is 10.1. The van der Waals surface area contributed by atoms with Gasteiger partial charge in [0, 0.05) is 35.8 Å². The van der Waals surface area contributed by atoms with Gasteiger partial charge in [-0.15, -0.1) is 0 Å². The molecule has 4 rings (SSSR count). The molecule has 9 heteroatoms. The van der Waals surface area contributed by atoms with Crippen molar-refractivity contribution in [3.05, 3.63) is 51.9 Å². The number of pyridine rings is 2. The minimum Gasteiger partial charge on any atom is -0.491 e. The molecule has 0 saturated heterocycles. The van der Waals surface area contributed by atoms with Gasteiger partial charge in [0.2, 0.25) is 0 Å². The number of halogens is 4. The van der Waals surface area contributed by atoms with Crippen LogP contribution < -0.4 is 9.47 Å². The minimum absolute atomic E-state index is 0.0976. The monoisotopic (exact) mass is 425 g/mol. The molecule has 154 valence electrons. The topological polar surface area (TPSA) is 47.5 Å². The molecule has 3 heterocycles. The molecule has 0 aromatic carbocycles. The third-order valence-electron chi connectivity index (χ3n) is 5.09. The number of hydrogen-bond donors (Lipinski definition) is 0. The van der Waals surface area contributed by atoms with Crippen LogP contribution in [0.2, 0.25) is 5.15 Å². The third-order valence-corrected chi connectivity index (χ3v) is 5.42. The highest BCUT2D eigenvalue weighted by molar-refractivity contribution is 6.30. The number of fused-ring (bicyclic) bond motifs is 1. The molecule has 1 aliphatic heterocycles. The van der Waals surface area contributed by atoms with Gasteiger partial charge >= 0.3 is 6.18 Å². The van der Waals surface area contributed by atoms with E-state index in [4.69, 9.17) is 21.1 Å². The van der Waals surface area contributed by atoms with Crippen LogP contribution in [0.3, 0.4) is 0 Å². The number of nitrogens with zero attached hydrogens (tertiary/aromatic N) is 3. The van der Waals surface area contributed by atoms with Crippen molar-refractivity contribution in [2.45, 2.75) is 38.5 Å². The summed E-state index contributed by atoms with van der Waals surface area (Å²) in [7, 11) is 1.38. The molecule has 0 N–H and O–H groups in total. The zero-order valence-electron chi connectivity index (χ0n) is 15.9. The number of hydrogen-bond acceptors (Lipinski definition) is 5. The zero-order chi connectivity index (χ0) is 20.8. The van der Waals surface area contributed by atoms with Crippen LogP contribution >= 0.6 is 11.6 Å². The van der Waals surface area contributed by atoms with Gasteiger partial charge in [0.15, 0.2) is 12.4 Å². The highest BCUT2D eigenvalue weighted by atomic mass is 35.5. The van der Waals surface area contributed by atoms with Crippen LogP contribution in [0.15, 0.2) is 30.1 Å². The van der Waals surface area contributed by atoms with E-state index in [-0.39, 0.29) is 17.7 Å². The van der Waals surface area contributed by atoms with Crippen molar-refractivity contribution in [3.63, 3.8) is 0 Å². The molecule has 1 fully saturated rings. The molecule has 1 aliphatic carbocycles. The highest BCUT2D eigenvalue weighted by Gasteiger charge is 2.35. The molecule has 0 amide bonds. The number of allylic oxidation sites excluding steroid dienone is 1. The number of ether oxygens (including phenoxy) is 2. The van der Waals surface area contributed by atoms with E-state index < -0.39 is 12.8 Å². The summed E-state index contributed by atoms with van der Waals surface area (Å²) in [5, 5.41) is 0.488. The molecule has 2 aliphatic rings. The summed E-state index contributed by atoms with van der Waals surface area (Å²) >= 11 is 6.31. The van der Waals surface area contributed by atoms with Crippen LogP contribution in [-0.4, -0.2) is 34.8 Å². The summed E-state index contributed by atoms with van der Waals surface area (Å²) in [5.41, 5.74) is 5.41. The van der Waals surface area contributed by atoms with Crippen LogP contribution in [0.25, 0.3) is 5.70 Å². The summed E-state index contributed by atoms with van der Waals surface area (Å²) in [6.07, 6.45) is 0.874. The molecule has 2 aromatic rings. The lowest BCUT2D eigenvalue weighted by Crippen LogP contribution is -2.21. The lowest BCUT2D eigenvalue weighted by molar-refractivity contribution is -0.154. The fourth-order valence-corrected chi connectivity index (χ4v) is 3.74. The molecule has 0 spiro atoms. The quantitative estimate of drug-likeness (QED) is 0.619.